The summed E-state index contributed by atoms with van der Waals surface area (Å²) in [6.07, 6.45) is 1.72. The number of rotatable bonds is 2. The molecule has 64 valence electrons. The first-order valence-electron chi connectivity index (χ1n) is 3.84. The van der Waals surface area contributed by atoms with Gasteiger partial charge in [-0.25, -0.2) is 9.98 Å². The molecular weight excluding hydrogens is 150 g/mol. The lowest BCUT2D eigenvalue weighted by Crippen LogP contribution is -1.79. The molecule has 3 nitrogen and oxygen atoms in total. The molecule has 0 bridgehead atoms. The molecule has 1 heterocycles. The summed E-state index contributed by atoms with van der Waals surface area (Å²) in [5.41, 5.74) is 1.87. The SMILES string of the molecule is C=Cc1[nH]c(C)nc1N=C(C)C. The Morgan fingerprint density at radius 1 is 1.58 bits per heavy atom. The van der Waals surface area contributed by atoms with Gasteiger partial charge in [0, 0.05) is 5.71 Å². The molecule has 0 spiro atoms. The highest BCUT2D eigenvalue weighted by atomic mass is 15.0. The number of hydrogen-bond donors (Lipinski definition) is 1. The maximum absolute atomic E-state index is 4.25. The molecule has 12 heavy (non-hydrogen) atoms. The van der Waals surface area contributed by atoms with Crippen molar-refractivity contribution in [2.24, 2.45) is 4.99 Å². The normalized spacial score (nSPS) is 9.58. The molecule has 0 aliphatic heterocycles. The van der Waals surface area contributed by atoms with Gasteiger partial charge >= 0.3 is 0 Å². The van der Waals surface area contributed by atoms with Gasteiger partial charge in [0.15, 0.2) is 5.82 Å². The zero-order valence-corrected chi connectivity index (χ0v) is 7.68. The number of nitrogens with one attached hydrogen (secondary N) is 1. The van der Waals surface area contributed by atoms with E-state index >= 15 is 0 Å². The molecule has 0 saturated heterocycles. The van der Waals surface area contributed by atoms with Gasteiger partial charge in [-0.1, -0.05) is 6.58 Å². The standard InChI is InChI=1S/C9H13N3/c1-5-8-9(10-6(2)3)12-7(4)11-8/h5H,1H2,2-4H3,(H,11,12). The second kappa shape index (κ2) is 3.34. The van der Waals surface area contributed by atoms with Crippen molar-refractivity contribution in [3.05, 3.63) is 18.1 Å². The van der Waals surface area contributed by atoms with Crippen molar-refractivity contribution in [1.29, 1.82) is 0 Å². The van der Waals surface area contributed by atoms with Crippen molar-refractivity contribution in [2.45, 2.75) is 20.8 Å². The Balaban J connectivity index is 3.13. The highest BCUT2D eigenvalue weighted by molar-refractivity contribution is 5.82. The van der Waals surface area contributed by atoms with Crippen LogP contribution in [0.25, 0.3) is 6.08 Å². The molecule has 0 saturated carbocycles. The zero-order chi connectivity index (χ0) is 9.14. The lowest BCUT2D eigenvalue weighted by atomic mass is 10.4. The molecule has 3 heteroatoms. The summed E-state index contributed by atoms with van der Waals surface area (Å²) in [7, 11) is 0. The van der Waals surface area contributed by atoms with Crippen molar-refractivity contribution in [1.82, 2.24) is 9.97 Å². The molecule has 1 aromatic rings. The Kier molecular flexibility index (Phi) is 2.43. The Labute approximate surface area is 72.3 Å². The van der Waals surface area contributed by atoms with Crippen molar-refractivity contribution in [3.8, 4) is 0 Å². The lowest BCUT2D eigenvalue weighted by Gasteiger charge is -1.89. The van der Waals surface area contributed by atoms with Crippen molar-refractivity contribution in [3.63, 3.8) is 0 Å². The van der Waals surface area contributed by atoms with Crippen LogP contribution in [0.5, 0.6) is 0 Å². The fourth-order valence-corrected chi connectivity index (χ4v) is 0.937. The largest absolute Gasteiger partial charge is 0.341 e. The summed E-state index contributed by atoms with van der Waals surface area (Å²) < 4.78 is 0. The molecule has 0 fully saturated rings. The summed E-state index contributed by atoms with van der Waals surface area (Å²) in [5.74, 6) is 1.59. The third-order valence-corrected chi connectivity index (χ3v) is 1.36. The van der Waals surface area contributed by atoms with Gasteiger partial charge < -0.3 is 4.98 Å². The van der Waals surface area contributed by atoms with Gasteiger partial charge in [-0.05, 0) is 26.8 Å². The Bertz CT molecular complexity index is 317. The molecule has 0 atom stereocenters. The van der Waals surface area contributed by atoms with Gasteiger partial charge in [-0.2, -0.15) is 0 Å². The third-order valence-electron chi connectivity index (χ3n) is 1.36. The van der Waals surface area contributed by atoms with E-state index in [4.69, 9.17) is 0 Å². The maximum atomic E-state index is 4.25. The molecule has 0 radical (unpaired) electrons. The van der Waals surface area contributed by atoms with Gasteiger partial charge in [-0.15, -0.1) is 0 Å². The molecular formula is C9H13N3. The number of aliphatic imine (C=N–C) groups is 1. The summed E-state index contributed by atoms with van der Waals surface area (Å²) in [6, 6.07) is 0. The molecule has 1 aromatic heterocycles. The minimum atomic E-state index is 0.725. The van der Waals surface area contributed by atoms with E-state index in [-0.39, 0.29) is 0 Å². The van der Waals surface area contributed by atoms with Crippen molar-refractivity contribution >= 4 is 17.6 Å². The summed E-state index contributed by atoms with van der Waals surface area (Å²) >= 11 is 0. The van der Waals surface area contributed by atoms with Crippen LogP contribution < -0.4 is 0 Å². The summed E-state index contributed by atoms with van der Waals surface area (Å²) in [5, 5.41) is 0. The number of aromatic amines is 1. The van der Waals surface area contributed by atoms with E-state index in [0.29, 0.717) is 0 Å². The molecule has 0 aromatic carbocycles. The van der Waals surface area contributed by atoms with E-state index in [1.165, 1.54) is 0 Å². The van der Waals surface area contributed by atoms with Crippen LogP contribution in [0.4, 0.5) is 5.82 Å². The minimum absolute atomic E-state index is 0.725. The maximum Gasteiger partial charge on any atom is 0.177 e. The first kappa shape index (κ1) is 8.71. The van der Waals surface area contributed by atoms with Crippen LogP contribution in [0.1, 0.15) is 25.4 Å². The number of H-pyrrole nitrogens is 1. The second-order valence-corrected chi connectivity index (χ2v) is 2.82. The van der Waals surface area contributed by atoms with Crippen LogP contribution >= 0.6 is 0 Å². The van der Waals surface area contributed by atoms with Gasteiger partial charge in [0.25, 0.3) is 0 Å². The lowest BCUT2D eigenvalue weighted by molar-refractivity contribution is 1.14. The predicted octanol–water partition coefficient (Wildman–Crippen LogP) is 2.47. The number of aryl methyl sites for hydroxylation is 1. The second-order valence-electron chi connectivity index (χ2n) is 2.82. The van der Waals surface area contributed by atoms with Crippen LogP contribution in [0, 0.1) is 6.92 Å². The number of nitrogens with zero attached hydrogens (tertiary/aromatic N) is 2. The number of hydrogen-bond acceptors (Lipinski definition) is 2. The van der Waals surface area contributed by atoms with E-state index in [0.717, 1.165) is 23.0 Å². The third kappa shape index (κ3) is 1.81. The topological polar surface area (TPSA) is 41.0 Å². The van der Waals surface area contributed by atoms with Gasteiger partial charge in [0.2, 0.25) is 0 Å². The molecule has 0 aliphatic rings. The van der Waals surface area contributed by atoms with Crippen LogP contribution in [-0.4, -0.2) is 15.7 Å². The van der Waals surface area contributed by atoms with E-state index in [2.05, 4.69) is 21.5 Å². The fourth-order valence-electron chi connectivity index (χ4n) is 0.937. The Morgan fingerprint density at radius 3 is 2.75 bits per heavy atom. The Morgan fingerprint density at radius 2 is 2.25 bits per heavy atom. The summed E-state index contributed by atoms with van der Waals surface area (Å²) in [4.78, 5) is 11.5. The van der Waals surface area contributed by atoms with Crippen LogP contribution in [0.3, 0.4) is 0 Å². The first-order valence-corrected chi connectivity index (χ1v) is 3.84. The van der Waals surface area contributed by atoms with Gasteiger partial charge in [-0.3, -0.25) is 0 Å². The smallest absolute Gasteiger partial charge is 0.177 e. The molecule has 1 N–H and O–H groups in total. The van der Waals surface area contributed by atoms with Crippen molar-refractivity contribution in [2.75, 3.05) is 0 Å². The number of imidazole rings is 1. The minimum Gasteiger partial charge on any atom is -0.341 e. The van der Waals surface area contributed by atoms with Gasteiger partial charge in [0.05, 0.1) is 5.69 Å². The highest BCUT2D eigenvalue weighted by Gasteiger charge is 2.02. The Hall–Kier alpha value is -1.38. The van der Waals surface area contributed by atoms with E-state index in [1.54, 1.807) is 6.08 Å². The van der Waals surface area contributed by atoms with E-state index in [9.17, 15) is 0 Å². The van der Waals surface area contributed by atoms with Crippen LogP contribution in [0.15, 0.2) is 11.6 Å². The van der Waals surface area contributed by atoms with E-state index < -0.39 is 0 Å². The van der Waals surface area contributed by atoms with E-state index in [1.807, 2.05) is 20.8 Å². The molecule has 0 aliphatic carbocycles. The fraction of sp³-hybridized carbons (Fsp3) is 0.333. The summed E-state index contributed by atoms with van der Waals surface area (Å²) in [6.45, 7) is 9.45. The first-order chi connectivity index (χ1) is 5.63. The molecule has 1 rings (SSSR count). The quantitative estimate of drug-likeness (QED) is 0.668. The predicted molar refractivity (Wildman–Crippen MR) is 51.9 cm³/mol. The average Bonchev–Trinajstić information content (AvgIpc) is 2.29. The average molecular weight is 163 g/mol. The van der Waals surface area contributed by atoms with Gasteiger partial charge in [0.1, 0.15) is 5.82 Å². The highest BCUT2D eigenvalue weighted by Crippen LogP contribution is 2.16. The van der Waals surface area contributed by atoms with Crippen molar-refractivity contribution < 1.29 is 0 Å². The zero-order valence-electron chi connectivity index (χ0n) is 7.68. The van der Waals surface area contributed by atoms with Crippen LogP contribution in [-0.2, 0) is 0 Å². The number of aromatic nitrogens is 2. The molecule has 0 unspecified atom stereocenters. The monoisotopic (exact) mass is 163 g/mol. The molecule has 0 amide bonds. The van der Waals surface area contributed by atoms with Crippen LogP contribution in [0.2, 0.25) is 0 Å².